The first kappa shape index (κ1) is 25.8. The van der Waals surface area contributed by atoms with Crippen LogP contribution in [0.4, 0.5) is 55.7 Å². The van der Waals surface area contributed by atoms with Crippen LogP contribution in [-0.2, 0) is 5.92 Å². The summed E-state index contributed by atoms with van der Waals surface area (Å²) >= 11 is 0. The van der Waals surface area contributed by atoms with Gasteiger partial charge >= 0.3 is 30.0 Å². The standard InChI is InChI=1S/C20H14F9N5O/c1-11-4-2-3-5-14(11)31-16(35)30-12-6-8-13(9-7-12)34-10-15(32-33-34)17(21,22)18(23,24)19(25,26)20(27,28)29/h2-10H,1H3,(H2,30,31,35). The Morgan fingerprint density at radius 1 is 0.829 bits per heavy atom. The van der Waals surface area contributed by atoms with Gasteiger partial charge in [-0.2, -0.15) is 39.5 Å². The van der Waals surface area contributed by atoms with Gasteiger partial charge in [-0.1, -0.05) is 23.4 Å². The fourth-order valence-electron chi connectivity index (χ4n) is 2.77. The molecule has 0 saturated heterocycles. The first-order valence-corrected chi connectivity index (χ1v) is 9.45. The predicted molar refractivity (Wildman–Crippen MR) is 105 cm³/mol. The lowest BCUT2D eigenvalue weighted by Gasteiger charge is -2.32. The molecule has 6 nitrogen and oxygen atoms in total. The van der Waals surface area contributed by atoms with Gasteiger partial charge in [-0.25, -0.2) is 9.48 Å². The van der Waals surface area contributed by atoms with Gasteiger partial charge in [-0.05, 0) is 42.8 Å². The summed E-state index contributed by atoms with van der Waals surface area (Å²) in [6, 6.07) is 11.1. The summed E-state index contributed by atoms with van der Waals surface area (Å²) in [6.45, 7) is 1.76. The number of carbonyl (C=O) groups is 1. The highest BCUT2D eigenvalue weighted by Crippen LogP contribution is 2.56. The van der Waals surface area contributed by atoms with Crippen LogP contribution in [0.15, 0.2) is 54.7 Å². The van der Waals surface area contributed by atoms with Crippen LogP contribution in [0.3, 0.4) is 0 Å². The van der Waals surface area contributed by atoms with Crippen LogP contribution in [0.2, 0.25) is 0 Å². The van der Waals surface area contributed by atoms with Crippen LogP contribution in [0, 0.1) is 6.92 Å². The van der Waals surface area contributed by atoms with Gasteiger partial charge in [-0.3, -0.25) is 0 Å². The third-order valence-electron chi connectivity index (χ3n) is 4.74. The van der Waals surface area contributed by atoms with Crippen molar-refractivity contribution in [3.8, 4) is 5.69 Å². The molecule has 0 saturated carbocycles. The largest absolute Gasteiger partial charge is 0.460 e. The fourth-order valence-corrected chi connectivity index (χ4v) is 2.77. The van der Waals surface area contributed by atoms with Gasteiger partial charge in [0.15, 0.2) is 5.69 Å². The Bertz CT molecular complexity index is 1210. The van der Waals surface area contributed by atoms with E-state index in [1.54, 1.807) is 31.2 Å². The summed E-state index contributed by atoms with van der Waals surface area (Å²) in [4.78, 5) is 12.1. The molecule has 35 heavy (non-hydrogen) atoms. The van der Waals surface area contributed by atoms with Crippen molar-refractivity contribution in [3.05, 3.63) is 66.0 Å². The van der Waals surface area contributed by atoms with E-state index >= 15 is 0 Å². The highest BCUT2D eigenvalue weighted by Gasteiger charge is 2.82. The average molecular weight is 511 g/mol. The monoisotopic (exact) mass is 511 g/mol. The number of para-hydroxylation sites is 1. The zero-order chi connectivity index (χ0) is 26.2. The number of nitrogens with one attached hydrogen (secondary N) is 2. The van der Waals surface area contributed by atoms with Crippen LogP contribution in [0.5, 0.6) is 0 Å². The molecule has 3 aromatic rings. The molecule has 0 aliphatic rings. The van der Waals surface area contributed by atoms with Gasteiger partial charge in [0.1, 0.15) is 0 Å². The van der Waals surface area contributed by atoms with Crippen LogP contribution >= 0.6 is 0 Å². The smallest absolute Gasteiger partial charge is 0.308 e. The maximum Gasteiger partial charge on any atom is 0.460 e. The summed E-state index contributed by atoms with van der Waals surface area (Å²) in [5, 5.41) is 10.8. The summed E-state index contributed by atoms with van der Waals surface area (Å²) < 4.78 is 119. The van der Waals surface area contributed by atoms with E-state index in [9.17, 15) is 44.3 Å². The Balaban J connectivity index is 1.76. The van der Waals surface area contributed by atoms with Gasteiger partial charge in [0.25, 0.3) is 0 Å². The number of nitrogens with zero attached hydrogens (tertiary/aromatic N) is 3. The second-order valence-corrected chi connectivity index (χ2v) is 7.21. The van der Waals surface area contributed by atoms with Gasteiger partial charge in [0.05, 0.1) is 11.9 Å². The minimum absolute atomic E-state index is 0.0910. The molecule has 0 spiro atoms. The van der Waals surface area contributed by atoms with Crippen molar-refractivity contribution in [2.75, 3.05) is 10.6 Å². The molecule has 188 valence electrons. The van der Waals surface area contributed by atoms with Crippen LogP contribution < -0.4 is 10.6 Å². The van der Waals surface area contributed by atoms with Crippen molar-refractivity contribution in [1.29, 1.82) is 0 Å². The Morgan fingerprint density at radius 3 is 2.00 bits per heavy atom. The van der Waals surface area contributed by atoms with Gasteiger partial charge in [0.2, 0.25) is 0 Å². The lowest BCUT2D eigenvalue weighted by Crippen LogP contribution is -2.59. The van der Waals surface area contributed by atoms with Crippen molar-refractivity contribution in [2.24, 2.45) is 0 Å². The number of hydrogen-bond donors (Lipinski definition) is 2. The Kier molecular flexibility index (Phi) is 6.48. The number of hydrogen-bond acceptors (Lipinski definition) is 3. The average Bonchev–Trinajstić information content (AvgIpc) is 3.26. The molecule has 3 rings (SSSR count). The lowest BCUT2D eigenvalue weighted by atomic mass is 10.0. The van der Waals surface area contributed by atoms with E-state index in [-0.39, 0.29) is 17.6 Å². The van der Waals surface area contributed by atoms with Crippen molar-refractivity contribution in [2.45, 2.75) is 30.9 Å². The van der Waals surface area contributed by atoms with E-state index in [4.69, 9.17) is 0 Å². The number of carbonyl (C=O) groups excluding carboxylic acids is 1. The second-order valence-electron chi connectivity index (χ2n) is 7.21. The number of rotatable bonds is 6. The minimum Gasteiger partial charge on any atom is -0.308 e. The van der Waals surface area contributed by atoms with E-state index in [0.717, 1.165) is 5.56 Å². The molecule has 0 aliphatic heterocycles. The number of halogens is 9. The van der Waals surface area contributed by atoms with Crippen LogP contribution in [0.25, 0.3) is 5.69 Å². The molecule has 0 fully saturated rings. The molecule has 0 aliphatic carbocycles. The Hall–Kier alpha value is -3.78. The molecule has 0 atom stereocenters. The van der Waals surface area contributed by atoms with Crippen molar-refractivity contribution < 1.29 is 44.3 Å². The number of aryl methyl sites for hydroxylation is 1. The molecule has 1 heterocycles. The maximum absolute atomic E-state index is 14.0. The second kappa shape index (κ2) is 8.78. The molecule has 2 aromatic carbocycles. The molecule has 0 bridgehead atoms. The molecule has 2 amide bonds. The first-order chi connectivity index (χ1) is 16.1. The van der Waals surface area contributed by atoms with Gasteiger partial charge in [0, 0.05) is 11.4 Å². The van der Waals surface area contributed by atoms with E-state index in [0.29, 0.717) is 10.4 Å². The Labute approximate surface area is 190 Å². The van der Waals surface area contributed by atoms with E-state index in [1.807, 2.05) is 0 Å². The third-order valence-corrected chi connectivity index (χ3v) is 4.74. The highest BCUT2D eigenvalue weighted by molar-refractivity contribution is 6.00. The zero-order valence-corrected chi connectivity index (χ0v) is 17.3. The molecule has 0 radical (unpaired) electrons. The van der Waals surface area contributed by atoms with Crippen molar-refractivity contribution in [3.63, 3.8) is 0 Å². The number of urea groups is 1. The number of amides is 2. The number of benzene rings is 2. The van der Waals surface area contributed by atoms with Crippen LogP contribution in [0.1, 0.15) is 11.3 Å². The first-order valence-electron chi connectivity index (χ1n) is 9.45. The lowest BCUT2D eigenvalue weighted by molar-refractivity contribution is -0.400. The number of alkyl halides is 9. The molecule has 1 aromatic heterocycles. The van der Waals surface area contributed by atoms with Crippen molar-refractivity contribution >= 4 is 17.4 Å². The fraction of sp³-hybridized carbons (Fsp3) is 0.250. The quantitative estimate of drug-likeness (QED) is 0.391. The summed E-state index contributed by atoms with van der Waals surface area (Å²) in [6.07, 6.45) is -6.85. The van der Waals surface area contributed by atoms with E-state index in [2.05, 4.69) is 20.9 Å². The zero-order valence-electron chi connectivity index (χ0n) is 17.3. The van der Waals surface area contributed by atoms with Crippen LogP contribution in [-0.4, -0.2) is 39.0 Å². The van der Waals surface area contributed by atoms with Crippen molar-refractivity contribution in [1.82, 2.24) is 15.0 Å². The minimum atomic E-state index is -7.04. The summed E-state index contributed by atoms with van der Waals surface area (Å²) in [5.41, 5.74) is -0.677. The Morgan fingerprint density at radius 2 is 1.43 bits per heavy atom. The third kappa shape index (κ3) is 4.74. The predicted octanol–water partition coefficient (Wildman–Crippen LogP) is 6.14. The molecule has 15 heteroatoms. The highest BCUT2D eigenvalue weighted by atomic mass is 19.4. The van der Waals surface area contributed by atoms with Gasteiger partial charge < -0.3 is 10.6 Å². The summed E-state index contributed by atoms with van der Waals surface area (Å²) in [7, 11) is 0. The number of anilines is 2. The number of aromatic nitrogens is 3. The molecular weight excluding hydrogens is 497 g/mol. The van der Waals surface area contributed by atoms with E-state index < -0.39 is 35.7 Å². The molecular formula is C20H14F9N5O. The summed E-state index contributed by atoms with van der Waals surface area (Å²) in [5.74, 6) is -19.9. The maximum atomic E-state index is 14.0. The molecule has 0 unspecified atom stereocenters. The SMILES string of the molecule is Cc1ccccc1NC(=O)Nc1ccc(-n2cc(C(F)(F)C(F)(F)C(F)(F)C(F)(F)F)nn2)cc1. The normalized spacial score (nSPS) is 13.0. The topological polar surface area (TPSA) is 71.8 Å². The van der Waals surface area contributed by atoms with Gasteiger partial charge in [-0.15, -0.1) is 5.10 Å². The molecule has 2 N–H and O–H groups in total. The van der Waals surface area contributed by atoms with E-state index in [1.165, 1.54) is 24.3 Å².